The maximum atomic E-state index is 12.3. The maximum absolute atomic E-state index is 12.3. The minimum atomic E-state index is -3.73. The zero-order valence-electron chi connectivity index (χ0n) is 14.0. The van der Waals surface area contributed by atoms with Gasteiger partial charge in [-0.15, -0.1) is 0 Å². The average molecular weight is 357 g/mol. The van der Waals surface area contributed by atoms with Gasteiger partial charge < -0.3 is 9.72 Å². The topological polar surface area (TPSA) is 83.6 Å². The van der Waals surface area contributed by atoms with Crippen LogP contribution in [0.3, 0.4) is 0 Å². The fraction of sp³-hybridized carbons (Fsp3) is 0.167. The summed E-state index contributed by atoms with van der Waals surface area (Å²) in [7, 11) is -3.73. The lowest BCUT2D eigenvalue weighted by molar-refractivity contribution is 0.340. The number of fused-ring (bicyclic) bond motifs is 1. The molecule has 0 bridgehead atoms. The monoisotopic (exact) mass is 357 g/mol. The molecule has 0 amide bonds. The van der Waals surface area contributed by atoms with Gasteiger partial charge in [-0.3, -0.25) is 0 Å². The van der Waals surface area contributed by atoms with Crippen molar-refractivity contribution in [1.29, 1.82) is 0 Å². The van der Waals surface area contributed by atoms with E-state index in [-0.39, 0.29) is 4.90 Å². The van der Waals surface area contributed by atoms with Gasteiger partial charge in [0.15, 0.2) is 0 Å². The number of hydrogen-bond donors (Lipinski definition) is 2. The molecule has 3 rings (SSSR count). The van der Waals surface area contributed by atoms with Gasteiger partial charge >= 0.3 is 0 Å². The highest BCUT2D eigenvalue weighted by molar-refractivity contribution is 7.89. The molecule has 0 unspecified atom stereocenters. The first-order valence-electron chi connectivity index (χ1n) is 7.86. The minimum Gasteiger partial charge on any atom is -0.494 e. The smallest absolute Gasteiger partial charge is 0.276 e. The number of rotatable bonds is 6. The number of benzene rings is 2. The number of sulfonamides is 1. The maximum Gasteiger partial charge on any atom is 0.276 e. The van der Waals surface area contributed by atoms with Crippen molar-refractivity contribution in [2.24, 2.45) is 5.10 Å². The molecule has 0 aliphatic rings. The lowest BCUT2D eigenvalue weighted by Gasteiger charge is -2.05. The fourth-order valence-corrected chi connectivity index (χ4v) is 3.35. The van der Waals surface area contributed by atoms with Crippen molar-refractivity contribution in [3.05, 3.63) is 59.8 Å². The van der Waals surface area contributed by atoms with Crippen LogP contribution < -0.4 is 9.57 Å². The number of H-pyrrole nitrogens is 1. The first kappa shape index (κ1) is 17.0. The van der Waals surface area contributed by atoms with Crippen molar-refractivity contribution in [1.82, 2.24) is 9.82 Å². The Hall–Kier alpha value is -2.80. The largest absolute Gasteiger partial charge is 0.494 e. The van der Waals surface area contributed by atoms with Gasteiger partial charge in [0.2, 0.25) is 0 Å². The molecule has 25 heavy (non-hydrogen) atoms. The quantitative estimate of drug-likeness (QED) is 0.525. The number of aromatic nitrogens is 1. The summed E-state index contributed by atoms with van der Waals surface area (Å²) in [5.74, 6) is 0.624. The Morgan fingerprint density at radius 2 is 1.88 bits per heavy atom. The number of hydrazone groups is 1. The molecular formula is C18H19N3O3S. The molecule has 0 radical (unpaired) electrons. The van der Waals surface area contributed by atoms with E-state index >= 15 is 0 Å². The Morgan fingerprint density at radius 1 is 1.16 bits per heavy atom. The SMILES string of the molecule is CCOc1ccc(S(=O)(=O)N/N=C/c2c(C)[nH]c3ccccc23)cc1. The molecule has 0 spiro atoms. The third kappa shape index (κ3) is 3.66. The van der Waals surface area contributed by atoms with Gasteiger partial charge in [0.05, 0.1) is 17.7 Å². The van der Waals surface area contributed by atoms with Gasteiger partial charge in [-0.25, -0.2) is 4.83 Å². The molecule has 0 atom stereocenters. The Labute approximate surface area is 146 Å². The molecule has 1 heterocycles. The molecule has 1 aromatic heterocycles. The Kier molecular flexibility index (Phi) is 4.76. The molecular weight excluding hydrogens is 338 g/mol. The number of ether oxygens (including phenoxy) is 1. The summed E-state index contributed by atoms with van der Waals surface area (Å²) in [5.41, 5.74) is 2.76. The predicted octanol–water partition coefficient (Wildman–Crippen LogP) is 3.19. The van der Waals surface area contributed by atoms with Crippen LogP contribution in [-0.4, -0.2) is 26.2 Å². The highest BCUT2D eigenvalue weighted by Gasteiger charge is 2.13. The van der Waals surface area contributed by atoms with Gasteiger partial charge in [0.1, 0.15) is 5.75 Å². The van der Waals surface area contributed by atoms with Crippen LogP contribution in [0.2, 0.25) is 0 Å². The molecule has 6 nitrogen and oxygen atoms in total. The summed E-state index contributed by atoms with van der Waals surface area (Å²) >= 11 is 0. The van der Waals surface area contributed by atoms with Crippen LogP contribution in [0.5, 0.6) is 5.75 Å². The number of nitrogens with zero attached hydrogens (tertiary/aromatic N) is 1. The molecule has 0 aliphatic carbocycles. The van der Waals surface area contributed by atoms with Crippen LogP contribution in [0.4, 0.5) is 0 Å². The molecule has 0 saturated heterocycles. The minimum absolute atomic E-state index is 0.128. The molecule has 0 aliphatic heterocycles. The van der Waals surface area contributed by atoms with E-state index in [2.05, 4.69) is 14.9 Å². The van der Waals surface area contributed by atoms with Crippen molar-refractivity contribution in [3.63, 3.8) is 0 Å². The molecule has 3 aromatic rings. The Balaban J connectivity index is 1.79. The number of nitrogens with one attached hydrogen (secondary N) is 2. The summed E-state index contributed by atoms with van der Waals surface area (Å²) < 4.78 is 29.9. The third-order valence-corrected chi connectivity index (χ3v) is 4.99. The Morgan fingerprint density at radius 3 is 2.60 bits per heavy atom. The second-order valence-electron chi connectivity index (χ2n) is 5.47. The van der Waals surface area contributed by atoms with E-state index in [0.29, 0.717) is 12.4 Å². The van der Waals surface area contributed by atoms with Crippen molar-refractivity contribution < 1.29 is 13.2 Å². The van der Waals surface area contributed by atoms with E-state index in [1.165, 1.54) is 18.3 Å². The third-order valence-electron chi connectivity index (χ3n) is 3.75. The number of para-hydroxylation sites is 1. The predicted molar refractivity (Wildman–Crippen MR) is 98.6 cm³/mol. The van der Waals surface area contributed by atoms with Crippen LogP contribution in [0.1, 0.15) is 18.2 Å². The zero-order chi connectivity index (χ0) is 17.9. The van der Waals surface area contributed by atoms with E-state index in [0.717, 1.165) is 22.2 Å². The standard InChI is InChI=1S/C18H19N3O3S/c1-3-24-14-8-10-15(11-9-14)25(22,23)21-19-12-17-13(2)20-18-7-5-4-6-16(17)18/h4-12,20-21H,3H2,1-2H3/b19-12+. The second kappa shape index (κ2) is 6.98. The second-order valence-corrected chi connectivity index (χ2v) is 7.13. The summed E-state index contributed by atoms with van der Waals surface area (Å²) in [6.07, 6.45) is 1.51. The van der Waals surface area contributed by atoms with Crippen LogP contribution in [0.25, 0.3) is 10.9 Å². The van der Waals surface area contributed by atoms with Gasteiger partial charge in [0.25, 0.3) is 10.0 Å². The van der Waals surface area contributed by atoms with Crippen molar-refractivity contribution in [2.45, 2.75) is 18.7 Å². The molecule has 7 heteroatoms. The molecule has 0 fully saturated rings. The fourth-order valence-electron chi connectivity index (χ4n) is 2.56. The molecule has 0 saturated carbocycles. The molecule has 2 N–H and O–H groups in total. The lowest BCUT2D eigenvalue weighted by atomic mass is 10.1. The summed E-state index contributed by atoms with van der Waals surface area (Å²) in [6.45, 7) is 4.31. The van der Waals surface area contributed by atoms with Gasteiger partial charge in [-0.1, -0.05) is 18.2 Å². The molecule has 130 valence electrons. The first-order chi connectivity index (χ1) is 12.0. The summed E-state index contributed by atoms with van der Waals surface area (Å²) in [5, 5.41) is 4.91. The van der Waals surface area contributed by atoms with E-state index < -0.39 is 10.0 Å². The number of aromatic amines is 1. The number of hydrogen-bond acceptors (Lipinski definition) is 4. The number of aryl methyl sites for hydroxylation is 1. The summed E-state index contributed by atoms with van der Waals surface area (Å²) in [6, 6.07) is 14.0. The highest BCUT2D eigenvalue weighted by atomic mass is 32.2. The van der Waals surface area contributed by atoms with E-state index in [4.69, 9.17) is 4.74 Å². The van der Waals surface area contributed by atoms with Crippen LogP contribution >= 0.6 is 0 Å². The van der Waals surface area contributed by atoms with Gasteiger partial charge in [-0.05, 0) is 44.2 Å². The highest BCUT2D eigenvalue weighted by Crippen LogP contribution is 2.20. The van der Waals surface area contributed by atoms with Crippen molar-refractivity contribution in [3.8, 4) is 5.75 Å². The van der Waals surface area contributed by atoms with E-state index in [1.807, 2.05) is 38.1 Å². The van der Waals surface area contributed by atoms with Crippen LogP contribution in [-0.2, 0) is 10.0 Å². The van der Waals surface area contributed by atoms with Crippen LogP contribution in [0.15, 0.2) is 58.5 Å². The molecule has 2 aromatic carbocycles. The summed E-state index contributed by atoms with van der Waals surface area (Å²) in [4.78, 5) is 5.61. The van der Waals surface area contributed by atoms with E-state index in [1.54, 1.807) is 12.1 Å². The Bertz CT molecular complexity index is 1010. The van der Waals surface area contributed by atoms with Crippen molar-refractivity contribution in [2.75, 3.05) is 6.61 Å². The van der Waals surface area contributed by atoms with Crippen molar-refractivity contribution >= 4 is 27.1 Å². The van der Waals surface area contributed by atoms with Crippen LogP contribution in [0, 0.1) is 6.92 Å². The first-order valence-corrected chi connectivity index (χ1v) is 9.34. The van der Waals surface area contributed by atoms with Gasteiger partial charge in [-0.2, -0.15) is 13.5 Å². The van der Waals surface area contributed by atoms with E-state index in [9.17, 15) is 8.42 Å². The lowest BCUT2D eigenvalue weighted by Crippen LogP contribution is -2.18. The average Bonchev–Trinajstić information content (AvgIpc) is 2.91. The zero-order valence-corrected chi connectivity index (χ0v) is 14.8. The van der Waals surface area contributed by atoms with Gasteiger partial charge in [0, 0.05) is 22.2 Å². The normalized spacial score (nSPS) is 11.9.